The van der Waals surface area contributed by atoms with Gasteiger partial charge in [0, 0.05) is 46.4 Å². The van der Waals surface area contributed by atoms with Crippen LogP contribution in [0.2, 0.25) is 0 Å². The molecule has 7 heteroatoms. The zero-order valence-corrected chi connectivity index (χ0v) is 21.6. The van der Waals surface area contributed by atoms with Crippen molar-refractivity contribution in [3.63, 3.8) is 0 Å². The molecular formula is C24H41IN4O2. The molecule has 1 saturated carbocycles. The molecular weight excluding hydrogens is 503 g/mol. The Morgan fingerprint density at radius 3 is 2.77 bits per heavy atom. The van der Waals surface area contributed by atoms with Gasteiger partial charge in [-0.1, -0.05) is 43.5 Å². The Morgan fingerprint density at radius 1 is 1.19 bits per heavy atom. The molecule has 0 bridgehead atoms. The number of nitrogens with one attached hydrogen (secondary N) is 2. The fraction of sp³-hybridized carbons (Fsp3) is 0.708. The van der Waals surface area contributed by atoms with Gasteiger partial charge in [-0.3, -0.25) is 9.89 Å². The Labute approximate surface area is 205 Å². The quantitative estimate of drug-likeness (QED) is 0.214. The molecule has 2 N–H and O–H groups in total. The van der Waals surface area contributed by atoms with Gasteiger partial charge in [0.25, 0.3) is 0 Å². The monoisotopic (exact) mass is 544 g/mol. The number of morpholine rings is 1. The number of rotatable bonds is 9. The first-order valence-electron chi connectivity index (χ1n) is 11.7. The predicted octanol–water partition coefficient (Wildman–Crippen LogP) is 3.93. The molecule has 31 heavy (non-hydrogen) atoms. The van der Waals surface area contributed by atoms with Gasteiger partial charge < -0.3 is 20.1 Å². The van der Waals surface area contributed by atoms with Crippen LogP contribution in [0.1, 0.15) is 56.6 Å². The van der Waals surface area contributed by atoms with Crippen LogP contribution in [0.25, 0.3) is 0 Å². The summed E-state index contributed by atoms with van der Waals surface area (Å²) >= 11 is 0. The standard InChI is InChI=1S/C24H40N4O2.HI/c1-20-18-28(13-15-29-20)19-22-9-6-8-21(16-22)17-27-24(25-2)26-12-7-14-30-23-10-4-3-5-11-23;/h6,8-9,16,20,23H,3-5,7,10-15,17-19H2,1-2H3,(H2,25,26,27);1H. The molecule has 3 rings (SSSR count). The summed E-state index contributed by atoms with van der Waals surface area (Å²) in [5.74, 6) is 0.847. The third kappa shape index (κ3) is 10.1. The second-order valence-electron chi connectivity index (χ2n) is 8.57. The van der Waals surface area contributed by atoms with E-state index in [1.54, 1.807) is 0 Å². The van der Waals surface area contributed by atoms with Crippen molar-refractivity contribution >= 4 is 29.9 Å². The Hall–Kier alpha value is -0.900. The van der Waals surface area contributed by atoms with E-state index in [2.05, 4.69) is 51.7 Å². The summed E-state index contributed by atoms with van der Waals surface area (Å²) in [6, 6.07) is 8.82. The van der Waals surface area contributed by atoms with Crippen molar-refractivity contribution in [2.45, 2.75) is 70.7 Å². The van der Waals surface area contributed by atoms with Crippen molar-refractivity contribution in [2.24, 2.45) is 4.99 Å². The summed E-state index contributed by atoms with van der Waals surface area (Å²) in [4.78, 5) is 6.82. The van der Waals surface area contributed by atoms with E-state index >= 15 is 0 Å². The first-order valence-corrected chi connectivity index (χ1v) is 11.7. The highest BCUT2D eigenvalue weighted by molar-refractivity contribution is 14.0. The van der Waals surface area contributed by atoms with E-state index in [9.17, 15) is 0 Å². The number of hydrogen-bond donors (Lipinski definition) is 2. The second kappa shape index (κ2) is 15.0. The fourth-order valence-electron chi connectivity index (χ4n) is 4.30. The van der Waals surface area contributed by atoms with Gasteiger partial charge in [-0.15, -0.1) is 24.0 Å². The van der Waals surface area contributed by atoms with Crippen molar-refractivity contribution in [1.82, 2.24) is 15.5 Å². The van der Waals surface area contributed by atoms with Crippen LogP contribution in [0.15, 0.2) is 29.3 Å². The van der Waals surface area contributed by atoms with Crippen LogP contribution in [0.5, 0.6) is 0 Å². The highest BCUT2D eigenvalue weighted by atomic mass is 127. The number of benzene rings is 1. The smallest absolute Gasteiger partial charge is 0.191 e. The van der Waals surface area contributed by atoms with Crippen LogP contribution in [-0.2, 0) is 22.6 Å². The summed E-state index contributed by atoms with van der Waals surface area (Å²) in [6.45, 7) is 8.44. The minimum atomic E-state index is 0. The van der Waals surface area contributed by atoms with Gasteiger partial charge in [0.1, 0.15) is 0 Å². The molecule has 176 valence electrons. The van der Waals surface area contributed by atoms with Crippen LogP contribution in [-0.4, -0.2) is 63.0 Å². The number of ether oxygens (including phenoxy) is 2. The van der Waals surface area contributed by atoms with E-state index in [0.717, 1.165) is 58.3 Å². The van der Waals surface area contributed by atoms with Gasteiger partial charge >= 0.3 is 0 Å². The third-order valence-corrected chi connectivity index (χ3v) is 5.93. The molecule has 6 nitrogen and oxygen atoms in total. The van der Waals surface area contributed by atoms with E-state index in [-0.39, 0.29) is 24.0 Å². The average Bonchev–Trinajstić information content (AvgIpc) is 2.77. The van der Waals surface area contributed by atoms with Gasteiger partial charge in [-0.2, -0.15) is 0 Å². The van der Waals surface area contributed by atoms with E-state index in [1.165, 1.54) is 43.2 Å². The predicted molar refractivity (Wildman–Crippen MR) is 138 cm³/mol. The minimum absolute atomic E-state index is 0. The van der Waals surface area contributed by atoms with Crippen LogP contribution in [0.3, 0.4) is 0 Å². The molecule has 0 radical (unpaired) electrons. The van der Waals surface area contributed by atoms with Crippen molar-refractivity contribution in [1.29, 1.82) is 0 Å². The molecule has 0 amide bonds. The molecule has 2 aliphatic rings. The van der Waals surface area contributed by atoms with Gasteiger partial charge in [0.05, 0.1) is 18.8 Å². The molecule has 1 aliphatic heterocycles. The Bertz CT molecular complexity index is 652. The first-order chi connectivity index (χ1) is 14.7. The number of halogens is 1. The topological polar surface area (TPSA) is 58.1 Å². The second-order valence-corrected chi connectivity index (χ2v) is 8.57. The summed E-state index contributed by atoms with van der Waals surface area (Å²) in [5.41, 5.74) is 2.63. The number of hydrogen-bond acceptors (Lipinski definition) is 4. The lowest BCUT2D eigenvalue weighted by Crippen LogP contribution is -2.40. The van der Waals surface area contributed by atoms with Gasteiger partial charge in [-0.25, -0.2) is 0 Å². The molecule has 1 saturated heterocycles. The van der Waals surface area contributed by atoms with E-state index in [0.29, 0.717) is 12.2 Å². The lowest BCUT2D eigenvalue weighted by atomic mass is 9.98. The van der Waals surface area contributed by atoms with Gasteiger partial charge in [-0.05, 0) is 37.3 Å². The maximum absolute atomic E-state index is 6.00. The van der Waals surface area contributed by atoms with Gasteiger partial charge in [0.2, 0.25) is 0 Å². The number of nitrogens with zero attached hydrogens (tertiary/aromatic N) is 2. The molecule has 0 spiro atoms. The number of aliphatic imine (C=N–C) groups is 1. The molecule has 1 heterocycles. The lowest BCUT2D eigenvalue weighted by Gasteiger charge is -2.31. The Kier molecular flexibility index (Phi) is 12.8. The summed E-state index contributed by atoms with van der Waals surface area (Å²) in [6.07, 6.45) is 8.32. The maximum Gasteiger partial charge on any atom is 0.191 e. The Balaban J connectivity index is 0.00000341. The van der Waals surface area contributed by atoms with Gasteiger partial charge in [0.15, 0.2) is 5.96 Å². The number of guanidine groups is 1. The van der Waals surface area contributed by atoms with E-state index in [4.69, 9.17) is 9.47 Å². The molecule has 2 fully saturated rings. The largest absolute Gasteiger partial charge is 0.378 e. The highest BCUT2D eigenvalue weighted by Crippen LogP contribution is 2.20. The van der Waals surface area contributed by atoms with Crippen LogP contribution >= 0.6 is 24.0 Å². The van der Waals surface area contributed by atoms with E-state index < -0.39 is 0 Å². The maximum atomic E-state index is 6.00. The first kappa shape index (κ1) is 26.4. The van der Waals surface area contributed by atoms with Crippen molar-refractivity contribution in [2.75, 3.05) is 39.9 Å². The zero-order chi connectivity index (χ0) is 21.0. The summed E-state index contributed by atoms with van der Waals surface area (Å²) < 4.78 is 11.6. The molecule has 1 aromatic carbocycles. The van der Waals surface area contributed by atoms with Crippen molar-refractivity contribution in [3.8, 4) is 0 Å². The molecule has 1 unspecified atom stereocenters. The zero-order valence-electron chi connectivity index (χ0n) is 19.3. The average molecular weight is 545 g/mol. The van der Waals surface area contributed by atoms with Crippen molar-refractivity contribution in [3.05, 3.63) is 35.4 Å². The molecule has 1 atom stereocenters. The van der Waals surface area contributed by atoms with Crippen molar-refractivity contribution < 1.29 is 9.47 Å². The van der Waals surface area contributed by atoms with Crippen LogP contribution in [0.4, 0.5) is 0 Å². The Morgan fingerprint density at radius 2 is 2.00 bits per heavy atom. The molecule has 0 aromatic heterocycles. The molecule has 1 aromatic rings. The normalized spacial score (nSPS) is 20.8. The lowest BCUT2D eigenvalue weighted by molar-refractivity contribution is -0.0212. The summed E-state index contributed by atoms with van der Waals surface area (Å²) in [5, 5.41) is 6.83. The highest BCUT2D eigenvalue weighted by Gasteiger charge is 2.16. The van der Waals surface area contributed by atoms with Crippen LogP contribution < -0.4 is 10.6 Å². The minimum Gasteiger partial charge on any atom is -0.378 e. The third-order valence-electron chi connectivity index (χ3n) is 5.93. The summed E-state index contributed by atoms with van der Waals surface area (Å²) in [7, 11) is 1.82. The van der Waals surface area contributed by atoms with E-state index in [1.807, 2.05) is 7.05 Å². The van der Waals surface area contributed by atoms with Crippen LogP contribution in [0, 0.1) is 0 Å². The SMILES string of the molecule is CN=C(NCCCOC1CCCCC1)NCc1cccc(CN2CCOC(C)C2)c1.I. The molecule has 1 aliphatic carbocycles. The fourth-order valence-corrected chi connectivity index (χ4v) is 4.30.